The van der Waals surface area contributed by atoms with Crippen LogP contribution in [0.25, 0.3) is 0 Å². The van der Waals surface area contributed by atoms with Gasteiger partial charge in [-0.3, -0.25) is 4.79 Å². The topological polar surface area (TPSA) is 47.6 Å². The van der Waals surface area contributed by atoms with E-state index in [2.05, 4.69) is 0 Å². The molecule has 4 nitrogen and oxygen atoms in total. The SMILES string of the molecule is COc1ccc(CC(=O)Nc2c(F)c(F)c(C(F)(F)F)c(F)c2F)c(OC)c1. The highest BCUT2D eigenvalue weighted by Gasteiger charge is 2.42. The Kier molecular flexibility index (Phi) is 6.05. The van der Waals surface area contributed by atoms with Crippen molar-refractivity contribution in [1.29, 1.82) is 0 Å². The molecule has 0 fully saturated rings. The second-order valence-corrected chi connectivity index (χ2v) is 5.41. The van der Waals surface area contributed by atoms with Crippen LogP contribution >= 0.6 is 0 Å². The first-order valence-corrected chi connectivity index (χ1v) is 7.45. The van der Waals surface area contributed by atoms with Gasteiger partial charge >= 0.3 is 6.18 Å². The van der Waals surface area contributed by atoms with Gasteiger partial charge in [0, 0.05) is 11.6 Å². The number of methoxy groups -OCH3 is 2. The van der Waals surface area contributed by atoms with E-state index in [1.54, 1.807) is 5.32 Å². The summed E-state index contributed by atoms with van der Waals surface area (Å²) in [6, 6.07) is 4.24. The first-order valence-electron chi connectivity index (χ1n) is 7.45. The molecule has 0 aliphatic rings. The van der Waals surface area contributed by atoms with Gasteiger partial charge in [-0.05, 0) is 6.07 Å². The van der Waals surface area contributed by atoms with Crippen molar-refractivity contribution in [3.8, 4) is 11.5 Å². The predicted octanol–water partition coefficient (Wildman–Crippen LogP) is 4.46. The van der Waals surface area contributed by atoms with E-state index in [9.17, 15) is 35.5 Å². The molecule has 1 amide bonds. The van der Waals surface area contributed by atoms with Gasteiger partial charge < -0.3 is 14.8 Å². The number of amides is 1. The third kappa shape index (κ3) is 4.12. The summed E-state index contributed by atoms with van der Waals surface area (Å²) >= 11 is 0. The number of alkyl halides is 3. The van der Waals surface area contributed by atoms with Crippen molar-refractivity contribution in [2.75, 3.05) is 19.5 Å². The molecule has 28 heavy (non-hydrogen) atoms. The number of hydrogen-bond donors (Lipinski definition) is 1. The lowest BCUT2D eigenvalue weighted by molar-refractivity contribution is -0.143. The number of nitrogens with one attached hydrogen (secondary N) is 1. The number of anilines is 1. The molecule has 11 heteroatoms. The second kappa shape index (κ2) is 7.95. The van der Waals surface area contributed by atoms with Gasteiger partial charge in [0.1, 0.15) is 22.7 Å². The number of hydrogen-bond acceptors (Lipinski definition) is 3. The van der Waals surface area contributed by atoms with Crippen molar-refractivity contribution < 1.29 is 45.0 Å². The van der Waals surface area contributed by atoms with Gasteiger partial charge in [0.2, 0.25) is 5.91 Å². The number of carbonyl (C=O) groups is 1. The summed E-state index contributed by atoms with van der Waals surface area (Å²) in [4.78, 5) is 12.0. The Hall–Kier alpha value is -2.98. The van der Waals surface area contributed by atoms with Gasteiger partial charge in [-0.15, -0.1) is 0 Å². The summed E-state index contributed by atoms with van der Waals surface area (Å²) in [5.41, 5.74) is -4.17. The first kappa shape index (κ1) is 21.3. The van der Waals surface area contributed by atoms with E-state index in [1.165, 1.54) is 32.4 Å². The largest absolute Gasteiger partial charge is 0.497 e. The zero-order chi connectivity index (χ0) is 21.2. The zero-order valence-electron chi connectivity index (χ0n) is 14.3. The van der Waals surface area contributed by atoms with Gasteiger partial charge in [0.05, 0.1) is 20.6 Å². The monoisotopic (exact) mass is 411 g/mol. The highest BCUT2D eigenvalue weighted by Crippen LogP contribution is 2.38. The molecule has 0 heterocycles. The van der Waals surface area contributed by atoms with E-state index in [-0.39, 0.29) is 11.3 Å². The van der Waals surface area contributed by atoms with Crippen LogP contribution in [0.15, 0.2) is 18.2 Å². The Morgan fingerprint density at radius 1 is 0.964 bits per heavy atom. The summed E-state index contributed by atoms with van der Waals surface area (Å²) in [6.07, 6.45) is -6.23. The molecule has 0 saturated heterocycles. The number of benzene rings is 2. The molecule has 0 bridgehead atoms. The Morgan fingerprint density at radius 3 is 2.00 bits per heavy atom. The van der Waals surface area contributed by atoms with Crippen molar-refractivity contribution in [1.82, 2.24) is 0 Å². The van der Waals surface area contributed by atoms with Crippen LogP contribution in [0.1, 0.15) is 11.1 Å². The molecule has 0 atom stereocenters. The highest BCUT2D eigenvalue weighted by molar-refractivity contribution is 5.93. The highest BCUT2D eigenvalue weighted by atomic mass is 19.4. The van der Waals surface area contributed by atoms with E-state index < -0.39 is 53.0 Å². The lowest BCUT2D eigenvalue weighted by atomic mass is 10.1. The summed E-state index contributed by atoms with van der Waals surface area (Å²) in [6.45, 7) is 0. The van der Waals surface area contributed by atoms with Crippen LogP contribution in [-0.2, 0) is 17.4 Å². The number of carbonyl (C=O) groups excluding carboxylic acids is 1. The second-order valence-electron chi connectivity index (χ2n) is 5.41. The van der Waals surface area contributed by atoms with E-state index in [4.69, 9.17) is 9.47 Å². The van der Waals surface area contributed by atoms with Gasteiger partial charge in [-0.1, -0.05) is 6.07 Å². The smallest absolute Gasteiger partial charge is 0.422 e. The molecular weight excluding hydrogens is 399 g/mol. The van der Waals surface area contributed by atoms with Crippen LogP contribution in [0.4, 0.5) is 36.4 Å². The van der Waals surface area contributed by atoms with Crippen molar-refractivity contribution in [2.24, 2.45) is 0 Å². The third-order valence-corrected chi connectivity index (χ3v) is 3.66. The summed E-state index contributed by atoms with van der Waals surface area (Å²) < 4.78 is 103. The molecule has 0 aromatic heterocycles. The van der Waals surface area contributed by atoms with Crippen molar-refractivity contribution in [3.05, 3.63) is 52.6 Å². The molecule has 2 aromatic rings. The fourth-order valence-electron chi connectivity index (χ4n) is 2.34. The molecule has 0 saturated carbocycles. The molecule has 2 aromatic carbocycles. The zero-order valence-corrected chi connectivity index (χ0v) is 14.3. The minimum atomic E-state index is -5.67. The Balaban J connectivity index is 2.35. The molecule has 0 spiro atoms. The van der Waals surface area contributed by atoms with E-state index in [0.29, 0.717) is 5.75 Å². The fraction of sp³-hybridized carbons (Fsp3) is 0.235. The number of ether oxygens (including phenoxy) is 2. The maximum absolute atomic E-state index is 13.8. The molecule has 1 N–H and O–H groups in total. The van der Waals surface area contributed by atoms with Crippen molar-refractivity contribution in [2.45, 2.75) is 12.6 Å². The van der Waals surface area contributed by atoms with E-state index in [1.807, 2.05) is 0 Å². The van der Waals surface area contributed by atoms with Gasteiger partial charge in [-0.2, -0.15) is 13.2 Å². The van der Waals surface area contributed by atoms with Crippen LogP contribution in [0.5, 0.6) is 11.5 Å². The lowest BCUT2D eigenvalue weighted by Crippen LogP contribution is -2.21. The summed E-state index contributed by atoms with van der Waals surface area (Å²) in [5.74, 6) is -10.7. The Bertz CT molecular complexity index is 884. The quantitative estimate of drug-likeness (QED) is 0.584. The molecule has 0 radical (unpaired) electrons. The molecule has 0 unspecified atom stereocenters. The number of rotatable bonds is 5. The average molecular weight is 411 g/mol. The summed E-state index contributed by atoms with van der Waals surface area (Å²) in [5, 5.41) is 1.54. The molecule has 0 aliphatic carbocycles. The van der Waals surface area contributed by atoms with Crippen LogP contribution in [-0.4, -0.2) is 20.1 Å². The normalized spacial score (nSPS) is 11.3. The van der Waals surface area contributed by atoms with Crippen LogP contribution < -0.4 is 14.8 Å². The predicted molar refractivity (Wildman–Crippen MR) is 83.2 cm³/mol. The Morgan fingerprint density at radius 2 is 1.54 bits per heavy atom. The molecule has 0 aliphatic heterocycles. The van der Waals surface area contributed by atoms with Crippen LogP contribution in [0.2, 0.25) is 0 Å². The Labute approximate surface area is 153 Å². The van der Waals surface area contributed by atoms with Crippen molar-refractivity contribution in [3.63, 3.8) is 0 Å². The van der Waals surface area contributed by atoms with Crippen LogP contribution in [0.3, 0.4) is 0 Å². The van der Waals surface area contributed by atoms with Gasteiger partial charge in [0.15, 0.2) is 23.3 Å². The maximum Gasteiger partial charge on any atom is 0.422 e. The standard InChI is InChI=1S/C17H12F7NO3/c1-27-8-4-3-7(9(6-8)28-2)5-10(26)25-16-14(20)12(18)11(17(22,23)24)13(19)15(16)21/h3-4,6H,5H2,1-2H3,(H,25,26). The molecule has 152 valence electrons. The molecule has 2 rings (SSSR count). The van der Waals surface area contributed by atoms with Crippen molar-refractivity contribution >= 4 is 11.6 Å². The minimum Gasteiger partial charge on any atom is -0.497 e. The average Bonchev–Trinajstić information content (AvgIpc) is 2.63. The maximum atomic E-state index is 13.8. The third-order valence-electron chi connectivity index (χ3n) is 3.66. The molecular formula is C17H12F7NO3. The lowest BCUT2D eigenvalue weighted by Gasteiger charge is -2.15. The van der Waals surface area contributed by atoms with Gasteiger partial charge in [0.25, 0.3) is 0 Å². The van der Waals surface area contributed by atoms with Crippen LogP contribution in [0, 0.1) is 23.3 Å². The minimum absolute atomic E-state index is 0.167. The van der Waals surface area contributed by atoms with E-state index >= 15 is 0 Å². The van der Waals surface area contributed by atoms with E-state index in [0.717, 1.165) is 0 Å². The first-order chi connectivity index (χ1) is 13.0. The fourth-order valence-corrected chi connectivity index (χ4v) is 2.34. The van der Waals surface area contributed by atoms with Gasteiger partial charge in [-0.25, -0.2) is 17.6 Å². The summed E-state index contributed by atoms with van der Waals surface area (Å²) in [7, 11) is 2.65. The number of halogens is 7.